The number of rotatable bonds is 1. The van der Waals surface area contributed by atoms with Crippen molar-refractivity contribution < 1.29 is 26.3 Å². The summed E-state index contributed by atoms with van der Waals surface area (Å²) in [6.07, 6.45) is 0. The molecule has 0 unspecified atom stereocenters. The van der Waals surface area contributed by atoms with Gasteiger partial charge in [0, 0.05) is 27.6 Å². The van der Waals surface area contributed by atoms with Gasteiger partial charge in [-0.2, -0.15) is 0 Å². The Bertz CT molecular complexity index is 50.9. The molecule has 0 amide bonds. The molecule has 0 aliphatic rings. The van der Waals surface area contributed by atoms with Crippen molar-refractivity contribution in [1.29, 1.82) is 0 Å². The van der Waals surface area contributed by atoms with Crippen molar-refractivity contribution in [3.8, 4) is 0 Å². The van der Waals surface area contributed by atoms with Crippen molar-refractivity contribution in [2.24, 2.45) is 5.41 Å². The summed E-state index contributed by atoms with van der Waals surface area (Å²) < 4.78 is 0. The van der Waals surface area contributed by atoms with Crippen LogP contribution >= 0.6 is 0 Å². The monoisotopic (exact) mass is 298 g/mol. The van der Waals surface area contributed by atoms with Gasteiger partial charge in [0.15, 0.2) is 0 Å². The molecule has 54 valence electrons. The third-order valence-corrected chi connectivity index (χ3v) is 0.609. The number of nitrogens with one attached hydrogen (secondary N) is 1. The maximum absolute atomic E-state index is 8.15. The first kappa shape index (κ1) is 11.4. The summed E-state index contributed by atoms with van der Waals surface area (Å²) in [7, 11) is 0. The van der Waals surface area contributed by atoms with Crippen molar-refractivity contribution in [2.75, 3.05) is 6.54 Å². The molecule has 0 spiro atoms. The summed E-state index contributed by atoms with van der Waals surface area (Å²) in [5, 5.41) is 8.15. The van der Waals surface area contributed by atoms with Crippen molar-refractivity contribution >= 4 is 0 Å². The van der Waals surface area contributed by atoms with Gasteiger partial charge >= 0.3 is 0 Å². The van der Waals surface area contributed by atoms with Gasteiger partial charge < -0.3 is 5.21 Å². The van der Waals surface area contributed by atoms with Crippen LogP contribution in [0.25, 0.3) is 0 Å². The number of hydrogen-bond acceptors (Lipinski definition) is 2. The first-order valence-electron chi connectivity index (χ1n) is 2.43. The van der Waals surface area contributed by atoms with Gasteiger partial charge in [-0.15, -0.1) is 0 Å². The summed E-state index contributed by atoms with van der Waals surface area (Å²) in [6.45, 7) is 6.80. The molecule has 0 aliphatic carbocycles. The van der Waals surface area contributed by atoms with E-state index in [1.807, 2.05) is 0 Å². The maximum Gasteiger partial charge on any atom is 0.0256 e. The Hall–Kier alpha value is 0.608. The molecule has 3 heteroatoms. The fraction of sp³-hybridized carbons (Fsp3) is 1.00. The van der Waals surface area contributed by atoms with E-state index < -0.39 is 0 Å². The smallest absolute Gasteiger partial charge is 0.0256 e. The molecule has 0 bridgehead atoms. The Morgan fingerprint density at radius 3 is 1.75 bits per heavy atom. The predicted molar refractivity (Wildman–Crippen MR) is 29.2 cm³/mol. The van der Waals surface area contributed by atoms with Gasteiger partial charge in [-0.1, -0.05) is 20.8 Å². The standard InChI is InChI=1S/C5H13NO.Pt/c1-5(2,3)4-6-7;/h6-7H,4H2,1-3H3;. The third-order valence-electron chi connectivity index (χ3n) is 0.609. The zero-order valence-electron chi connectivity index (χ0n) is 5.47. The number of hydroxylamine groups is 1. The van der Waals surface area contributed by atoms with E-state index in [2.05, 4.69) is 26.3 Å². The number of hydrogen-bond donors (Lipinski definition) is 2. The largest absolute Gasteiger partial charge is 0.317 e. The van der Waals surface area contributed by atoms with Gasteiger partial charge in [-0.3, -0.25) is 0 Å². The molecule has 2 nitrogen and oxygen atoms in total. The van der Waals surface area contributed by atoms with Crippen LogP contribution in [0, 0.1) is 5.41 Å². The second-order valence-electron chi connectivity index (χ2n) is 2.90. The van der Waals surface area contributed by atoms with Crippen LogP contribution < -0.4 is 5.48 Å². The SMILES string of the molecule is CC(C)(C)CNO.[Pt]. The van der Waals surface area contributed by atoms with E-state index in [-0.39, 0.29) is 26.5 Å². The first-order chi connectivity index (χ1) is 3.06. The summed E-state index contributed by atoms with van der Waals surface area (Å²) >= 11 is 0. The summed E-state index contributed by atoms with van der Waals surface area (Å²) in [5.41, 5.74) is 2.30. The van der Waals surface area contributed by atoms with Crippen LogP contribution in [0.5, 0.6) is 0 Å². The van der Waals surface area contributed by atoms with Crippen molar-refractivity contribution in [1.82, 2.24) is 5.48 Å². The third kappa shape index (κ3) is 9.79. The van der Waals surface area contributed by atoms with Gasteiger partial charge in [0.2, 0.25) is 0 Å². The fourth-order valence-corrected chi connectivity index (χ4v) is 0.237. The maximum atomic E-state index is 8.15. The first-order valence-corrected chi connectivity index (χ1v) is 2.43. The minimum Gasteiger partial charge on any atom is -0.317 e. The van der Waals surface area contributed by atoms with E-state index in [1.54, 1.807) is 0 Å². The van der Waals surface area contributed by atoms with Gasteiger partial charge in [-0.05, 0) is 5.41 Å². The molecule has 0 fully saturated rings. The minimum atomic E-state index is 0. The molecule has 0 aromatic carbocycles. The molecule has 0 atom stereocenters. The van der Waals surface area contributed by atoms with E-state index in [4.69, 9.17) is 5.21 Å². The molecule has 0 saturated carbocycles. The normalized spacial score (nSPS) is 10.5. The van der Waals surface area contributed by atoms with E-state index in [0.29, 0.717) is 6.54 Å². The van der Waals surface area contributed by atoms with Crippen LogP contribution in [-0.4, -0.2) is 11.8 Å². The molecular formula is C5H13NOPt. The zero-order valence-corrected chi connectivity index (χ0v) is 7.74. The summed E-state index contributed by atoms with van der Waals surface area (Å²) in [6, 6.07) is 0. The fourth-order valence-electron chi connectivity index (χ4n) is 0.237. The van der Waals surface area contributed by atoms with Crippen LogP contribution in [0.1, 0.15) is 20.8 Å². The van der Waals surface area contributed by atoms with Gasteiger partial charge in [0.1, 0.15) is 0 Å². The van der Waals surface area contributed by atoms with Gasteiger partial charge in [-0.25, -0.2) is 5.48 Å². The molecule has 8 heavy (non-hydrogen) atoms. The second-order valence-corrected chi connectivity index (χ2v) is 2.90. The van der Waals surface area contributed by atoms with E-state index >= 15 is 0 Å². The molecule has 0 aromatic heterocycles. The molecule has 2 N–H and O–H groups in total. The Kier molecular flexibility index (Phi) is 6.40. The molecule has 0 radical (unpaired) electrons. The van der Waals surface area contributed by atoms with Crippen molar-refractivity contribution in [3.05, 3.63) is 0 Å². The van der Waals surface area contributed by atoms with Crippen LogP contribution in [0.4, 0.5) is 0 Å². The van der Waals surface area contributed by atoms with Gasteiger partial charge in [0.25, 0.3) is 0 Å². The van der Waals surface area contributed by atoms with E-state index in [9.17, 15) is 0 Å². The molecular weight excluding hydrogens is 285 g/mol. The average Bonchev–Trinajstić information content (AvgIpc) is 1.30. The Morgan fingerprint density at radius 1 is 1.38 bits per heavy atom. The summed E-state index contributed by atoms with van der Waals surface area (Å²) in [4.78, 5) is 0. The van der Waals surface area contributed by atoms with Crippen LogP contribution in [0.2, 0.25) is 0 Å². The van der Waals surface area contributed by atoms with Crippen molar-refractivity contribution in [3.63, 3.8) is 0 Å². The van der Waals surface area contributed by atoms with Crippen LogP contribution in [-0.2, 0) is 21.1 Å². The van der Waals surface area contributed by atoms with E-state index in [1.165, 1.54) is 0 Å². The van der Waals surface area contributed by atoms with E-state index in [0.717, 1.165) is 0 Å². The Morgan fingerprint density at radius 2 is 1.75 bits per heavy atom. The van der Waals surface area contributed by atoms with Crippen LogP contribution in [0.15, 0.2) is 0 Å². The molecule has 0 saturated heterocycles. The Balaban J connectivity index is 0. The molecule has 0 aliphatic heterocycles. The topological polar surface area (TPSA) is 32.3 Å². The summed E-state index contributed by atoms with van der Waals surface area (Å²) in [5.74, 6) is 0. The van der Waals surface area contributed by atoms with Crippen LogP contribution in [0.3, 0.4) is 0 Å². The molecule has 0 heterocycles. The predicted octanol–water partition coefficient (Wildman–Crippen LogP) is 1.01. The quantitative estimate of drug-likeness (QED) is 0.708. The van der Waals surface area contributed by atoms with Crippen molar-refractivity contribution in [2.45, 2.75) is 20.8 Å². The molecule has 0 rings (SSSR count). The Labute approximate surface area is 64.9 Å². The average molecular weight is 298 g/mol. The van der Waals surface area contributed by atoms with Gasteiger partial charge in [0.05, 0.1) is 0 Å². The zero-order chi connectivity index (χ0) is 5.91. The minimum absolute atomic E-state index is 0. The molecule has 0 aromatic rings. The second kappa shape index (κ2) is 4.48.